The molecule has 1 saturated carbocycles. The van der Waals surface area contributed by atoms with E-state index in [2.05, 4.69) is 12.2 Å². The van der Waals surface area contributed by atoms with Gasteiger partial charge in [-0.15, -0.1) is 0 Å². The molecule has 2 unspecified atom stereocenters. The van der Waals surface area contributed by atoms with Crippen molar-refractivity contribution in [2.45, 2.75) is 51.2 Å². The standard InChI is InChI=1S/C14H25F3N2/c1-11(7-12-3-2-4-12)18-8-13-5-6-19(9-13)10-14(15,16)17/h11-13,18H,2-10H2,1H3. The first-order chi connectivity index (χ1) is 8.92. The molecule has 2 fully saturated rings. The average molecular weight is 278 g/mol. The van der Waals surface area contributed by atoms with Gasteiger partial charge >= 0.3 is 6.18 Å². The fraction of sp³-hybridized carbons (Fsp3) is 1.00. The number of hydrogen-bond donors (Lipinski definition) is 1. The molecule has 0 spiro atoms. The summed E-state index contributed by atoms with van der Waals surface area (Å²) in [6, 6.07) is 0.502. The van der Waals surface area contributed by atoms with Crippen molar-refractivity contribution >= 4 is 0 Å². The summed E-state index contributed by atoms with van der Waals surface area (Å²) in [5.41, 5.74) is 0. The van der Waals surface area contributed by atoms with Crippen molar-refractivity contribution in [2.75, 3.05) is 26.2 Å². The highest BCUT2D eigenvalue weighted by molar-refractivity contribution is 4.81. The van der Waals surface area contributed by atoms with E-state index in [1.54, 1.807) is 0 Å². The third-order valence-corrected chi connectivity index (χ3v) is 4.44. The maximum Gasteiger partial charge on any atom is 0.401 e. The van der Waals surface area contributed by atoms with Crippen LogP contribution in [0.25, 0.3) is 0 Å². The van der Waals surface area contributed by atoms with E-state index in [9.17, 15) is 13.2 Å². The van der Waals surface area contributed by atoms with E-state index in [0.29, 0.717) is 25.0 Å². The molecule has 2 rings (SSSR count). The van der Waals surface area contributed by atoms with Crippen LogP contribution in [0.1, 0.15) is 39.0 Å². The monoisotopic (exact) mass is 278 g/mol. The Bertz CT molecular complexity index is 276. The van der Waals surface area contributed by atoms with Crippen LogP contribution >= 0.6 is 0 Å². The summed E-state index contributed by atoms with van der Waals surface area (Å²) in [4.78, 5) is 1.53. The van der Waals surface area contributed by atoms with Crippen LogP contribution in [0, 0.1) is 11.8 Å². The molecule has 0 amide bonds. The van der Waals surface area contributed by atoms with Crippen LogP contribution < -0.4 is 5.32 Å². The van der Waals surface area contributed by atoms with E-state index in [1.165, 1.54) is 30.6 Å². The van der Waals surface area contributed by atoms with Crippen molar-refractivity contribution in [2.24, 2.45) is 11.8 Å². The lowest BCUT2D eigenvalue weighted by molar-refractivity contribution is -0.143. The van der Waals surface area contributed by atoms with E-state index < -0.39 is 12.7 Å². The number of hydrogen-bond acceptors (Lipinski definition) is 2. The van der Waals surface area contributed by atoms with Crippen LogP contribution in [-0.4, -0.2) is 43.3 Å². The van der Waals surface area contributed by atoms with Crippen LogP contribution in [0.5, 0.6) is 0 Å². The van der Waals surface area contributed by atoms with E-state index in [1.807, 2.05) is 0 Å². The third kappa shape index (κ3) is 5.30. The third-order valence-electron chi connectivity index (χ3n) is 4.44. The SMILES string of the molecule is CC(CC1CCC1)NCC1CCN(CC(F)(F)F)C1. The predicted molar refractivity (Wildman–Crippen MR) is 70.0 cm³/mol. The molecule has 19 heavy (non-hydrogen) atoms. The Morgan fingerprint density at radius 3 is 2.53 bits per heavy atom. The molecule has 1 N–H and O–H groups in total. The summed E-state index contributed by atoms with van der Waals surface area (Å²) >= 11 is 0. The van der Waals surface area contributed by atoms with Gasteiger partial charge in [-0.05, 0) is 44.7 Å². The highest BCUT2D eigenvalue weighted by Gasteiger charge is 2.34. The molecule has 0 aromatic carbocycles. The van der Waals surface area contributed by atoms with Crippen molar-refractivity contribution in [1.82, 2.24) is 10.2 Å². The number of halogens is 3. The maximum absolute atomic E-state index is 12.3. The average Bonchev–Trinajstić information content (AvgIpc) is 2.66. The molecule has 2 aliphatic rings. The van der Waals surface area contributed by atoms with E-state index in [0.717, 1.165) is 18.9 Å². The van der Waals surface area contributed by atoms with E-state index in [-0.39, 0.29) is 0 Å². The zero-order valence-corrected chi connectivity index (χ0v) is 11.7. The van der Waals surface area contributed by atoms with Crippen molar-refractivity contribution in [3.8, 4) is 0 Å². The first kappa shape index (κ1) is 15.1. The highest BCUT2D eigenvalue weighted by Crippen LogP contribution is 2.30. The molecule has 2 atom stereocenters. The van der Waals surface area contributed by atoms with Gasteiger partial charge in [-0.1, -0.05) is 19.3 Å². The molecule has 1 aliphatic carbocycles. The Balaban J connectivity index is 1.59. The van der Waals surface area contributed by atoms with Crippen molar-refractivity contribution < 1.29 is 13.2 Å². The first-order valence-electron chi connectivity index (χ1n) is 7.45. The van der Waals surface area contributed by atoms with Gasteiger partial charge in [0, 0.05) is 12.6 Å². The molecular weight excluding hydrogens is 253 g/mol. The zero-order valence-electron chi connectivity index (χ0n) is 11.7. The predicted octanol–water partition coefficient (Wildman–Crippen LogP) is 3.04. The molecule has 0 aromatic rings. The van der Waals surface area contributed by atoms with Crippen LogP contribution in [0.3, 0.4) is 0 Å². The number of nitrogens with zero attached hydrogens (tertiary/aromatic N) is 1. The molecule has 0 aromatic heterocycles. The second-order valence-electron chi connectivity index (χ2n) is 6.35. The van der Waals surface area contributed by atoms with E-state index >= 15 is 0 Å². The number of rotatable bonds is 6. The van der Waals surface area contributed by atoms with Gasteiger partial charge in [0.1, 0.15) is 0 Å². The zero-order chi connectivity index (χ0) is 13.9. The minimum Gasteiger partial charge on any atom is -0.314 e. The van der Waals surface area contributed by atoms with Crippen LogP contribution in [0.4, 0.5) is 13.2 Å². The molecule has 112 valence electrons. The lowest BCUT2D eigenvalue weighted by Gasteiger charge is -2.29. The van der Waals surface area contributed by atoms with Gasteiger partial charge in [0.15, 0.2) is 0 Å². The normalized spacial score (nSPS) is 27.5. The van der Waals surface area contributed by atoms with Crippen LogP contribution in [0.15, 0.2) is 0 Å². The van der Waals surface area contributed by atoms with Gasteiger partial charge < -0.3 is 5.32 Å². The minimum absolute atomic E-state index is 0.381. The second kappa shape index (κ2) is 6.44. The van der Waals surface area contributed by atoms with Crippen LogP contribution in [-0.2, 0) is 0 Å². The maximum atomic E-state index is 12.3. The summed E-state index contributed by atoms with van der Waals surface area (Å²) in [6.07, 6.45) is 2.13. The van der Waals surface area contributed by atoms with Crippen LogP contribution in [0.2, 0.25) is 0 Å². The Kier molecular flexibility index (Phi) is 5.12. The lowest BCUT2D eigenvalue weighted by Crippen LogP contribution is -2.36. The smallest absolute Gasteiger partial charge is 0.314 e. The lowest BCUT2D eigenvalue weighted by atomic mass is 9.81. The summed E-state index contributed by atoms with van der Waals surface area (Å²) in [5, 5.41) is 3.50. The largest absolute Gasteiger partial charge is 0.401 e. The highest BCUT2D eigenvalue weighted by atomic mass is 19.4. The van der Waals surface area contributed by atoms with Gasteiger partial charge in [0.05, 0.1) is 6.54 Å². The van der Waals surface area contributed by atoms with Crippen molar-refractivity contribution in [3.63, 3.8) is 0 Å². The van der Waals surface area contributed by atoms with Gasteiger partial charge in [-0.3, -0.25) is 4.90 Å². The fourth-order valence-electron chi connectivity index (χ4n) is 3.16. The number of likely N-dealkylation sites (tertiary alicyclic amines) is 1. The molecule has 1 saturated heterocycles. The van der Waals surface area contributed by atoms with Gasteiger partial charge in [0.25, 0.3) is 0 Å². The molecule has 1 aliphatic heterocycles. The topological polar surface area (TPSA) is 15.3 Å². The fourth-order valence-corrected chi connectivity index (χ4v) is 3.16. The number of nitrogens with one attached hydrogen (secondary N) is 1. The molecule has 2 nitrogen and oxygen atoms in total. The summed E-state index contributed by atoms with van der Waals surface area (Å²) in [7, 11) is 0. The van der Waals surface area contributed by atoms with Crippen molar-refractivity contribution in [3.05, 3.63) is 0 Å². The second-order valence-corrected chi connectivity index (χ2v) is 6.35. The Labute approximate surface area is 113 Å². The molecule has 0 radical (unpaired) electrons. The number of alkyl halides is 3. The first-order valence-corrected chi connectivity index (χ1v) is 7.45. The molecule has 1 heterocycles. The summed E-state index contributed by atoms with van der Waals surface area (Å²) in [5.74, 6) is 1.26. The molecular formula is C14H25F3N2. The Morgan fingerprint density at radius 1 is 1.21 bits per heavy atom. The summed E-state index contributed by atoms with van der Waals surface area (Å²) < 4.78 is 36.8. The Morgan fingerprint density at radius 2 is 1.95 bits per heavy atom. The molecule has 5 heteroatoms. The quantitative estimate of drug-likeness (QED) is 0.803. The van der Waals surface area contributed by atoms with Gasteiger partial charge in [-0.25, -0.2) is 0 Å². The minimum atomic E-state index is -4.06. The van der Waals surface area contributed by atoms with Gasteiger partial charge in [0.2, 0.25) is 0 Å². The molecule has 0 bridgehead atoms. The van der Waals surface area contributed by atoms with E-state index in [4.69, 9.17) is 0 Å². The summed E-state index contributed by atoms with van der Waals surface area (Å²) in [6.45, 7) is 3.48. The Hall–Kier alpha value is -0.290. The van der Waals surface area contributed by atoms with Gasteiger partial charge in [-0.2, -0.15) is 13.2 Å². The van der Waals surface area contributed by atoms with Crippen molar-refractivity contribution in [1.29, 1.82) is 0 Å².